The molecule has 2 amide bonds. The van der Waals surface area contributed by atoms with Gasteiger partial charge in [-0.3, -0.25) is 9.69 Å². The van der Waals surface area contributed by atoms with Gasteiger partial charge in [0.1, 0.15) is 5.75 Å². The number of benzene rings is 3. The fraction of sp³-hybridized carbons (Fsp3) is 0.554. The number of carbonyl (C=O) groups is 3. The lowest BCUT2D eigenvalue weighted by atomic mass is 9.47. The summed E-state index contributed by atoms with van der Waals surface area (Å²) in [7, 11) is 5.00. The van der Waals surface area contributed by atoms with Crippen molar-refractivity contribution < 1.29 is 33.7 Å². The van der Waals surface area contributed by atoms with E-state index in [2.05, 4.69) is 120 Å². The minimum Gasteiger partial charge on any atom is -0.496 e. The molecule has 0 radical (unpaired) electrons. The van der Waals surface area contributed by atoms with Gasteiger partial charge in [-0.25, -0.2) is 9.59 Å². The molecule has 6 aliphatic heterocycles. The zero-order chi connectivity index (χ0) is 48.6. The van der Waals surface area contributed by atoms with E-state index in [-0.39, 0.29) is 18.0 Å². The van der Waals surface area contributed by atoms with E-state index < -0.39 is 51.5 Å². The smallest absolute Gasteiger partial charge is 0.344 e. The number of urea groups is 1. The van der Waals surface area contributed by atoms with E-state index in [0.29, 0.717) is 25.9 Å². The molecule has 3 fully saturated rings. The number of rotatable bonds is 7. The van der Waals surface area contributed by atoms with Crippen LogP contribution in [-0.4, -0.2) is 126 Å². The number of para-hydroxylation sites is 1. The molecule has 69 heavy (non-hydrogen) atoms. The van der Waals surface area contributed by atoms with Crippen LogP contribution in [0.25, 0.3) is 10.9 Å². The summed E-state index contributed by atoms with van der Waals surface area (Å²) in [6.45, 7) is 17.6. The number of aliphatic hydroxyl groups is 1. The Kier molecular flexibility index (Phi) is 10.7. The number of nitrogens with one attached hydrogen (secondary N) is 2. The molecule has 366 valence electrons. The summed E-state index contributed by atoms with van der Waals surface area (Å²) >= 11 is 0. The van der Waals surface area contributed by atoms with E-state index in [1.54, 1.807) is 7.11 Å². The van der Waals surface area contributed by atoms with Crippen LogP contribution in [0.15, 0.2) is 60.7 Å². The Balaban J connectivity index is 1.04. The van der Waals surface area contributed by atoms with Gasteiger partial charge in [0.15, 0.2) is 6.10 Å². The Bertz CT molecular complexity index is 2820. The van der Waals surface area contributed by atoms with Crippen LogP contribution in [-0.2, 0) is 49.4 Å². The molecule has 10 atom stereocenters. The zero-order valence-corrected chi connectivity index (χ0v) is 42.0. The number of hydrogen-bond acceptors (Lipinski definition) is 10. The maximum Gasteiger partial charge on any atom is 0.344 e. The quantitative estimate of drug-likeness (QED) is 0.129. The van der Waals surface area contributed by atoms with Crippen LogP contribution in [0.2, 0.25) is 0 Å². The Hall–Kier alpha value is -5.37. The standard InChI is InChI=1S/C56H70N6O7/c1-10-53(58-51(65)62-30-37-23-34(4)45(67-8)25-38(37)31-62)28-36-27-52(6,46-40(17-21-60(29-36)32-53)39-15-12-13-16-43(39)57-46)41-26-42-44(24-33(41)3)59(7)48-55(42)19-22-61-20-14-18-54(11-2,47(55)61)49(69-35(5)63)56(48,66)50(64)68-9/h12-16,18,23-26,36,47-49,57,66H,10-11,17,19-22,27-32H2,1-9H3,(H,58,65)/t36-,47-,48+,49+,52+,53?,54+,55+,56-/m0/s1. The summed E-state index contributed by atoms with van der Waals surface area (Å²) in [5.74, 6) is -0.257. The third kappa shape index (κ3) is 6.40. The van der Waals surface area contributed by atoms with Crippen molar-refractivity contribution >= 4 is 34.6 Å². The van der Waals surface area contributed by atoms with E-state index in [9.17, 15) is 19.5 Å². The number of H-pyrrole nitrogens is 1. The van der Waals surface area contributed by atoms with Gasteiger partial charge >= 0.3 is 18.0 Å². The number of esters is 2. The molecule has 2 saturated heterocycles. The Morgan fingerprint density at radius 2 is 1.71 bits per heavy atom. The van der Waals surface area contributed by atoms with Crippen LogP contribution in [0.3, 0.4) is 0 Å². The monoisotopic (exact) mass is 939 g/mol. The van der Waals surface area contributed by atoms with Crippen LogP contribution in [0, 0.1) is 25.2 Å². The highest BCUT2D eigenvalue weighted by atomic mass is 16.6. The molecule has 2 bridgehead atoms. The van der Waals surface area contributed by atoms with Crippen LogP contribution in [0.4, 0.5) is 10.5 Å². The largest absolute Gasteiger partial charge is 0.496 e. The van der Waals surface area contributed by atoms with E-state index in [0.717, 1.165) is 97.6 Å². The molecule has 1 aromatic heterocycles. The van der Waals surface area contributed by atoms with Gasteiger partial charge in [-0.2, -0.15) is 0 Å². The SMILES string of the molecule is CCC1(NC(=O)N2Cc3cc(C)c(OC)cc3C2)C[C@H]2CN(CCc3c([nH]c4ccccc34)[C@@](C)(c3cc4c(cc3C)N(C)[C@H]3[C@@](O)(C(=O)OC)[C@H](OC(C)=O)[C@]5(CC)C=CCN6CC[C@]43[C@@H]65)C2)C1. The predicted molar refractivity (Wildman–Crippen MR) is 266 cm³/mol. The summed E-state index contributed by atoms with van der Waals surface area (Å²) in [6.07, 6.45) is 7.66. The van der Waals surface area contributed by atoms with E-state index in [1.165, 1.54) is 41.8 Å². The van der Waals surface area contributed by atoms with Crippen molar-refractivity contribution in [2.24, 2.45) is 11.3 Å². The van der Waals surface area contributed by atoms with Gasteiger partial charge in [0, 0.05) is 97.8 Å². The number of likely N-dealkylation sites (N-methyl/N-ethyl adjacent to an activating group) is 1. The van der Waals surface area contributed by atoms with Crippen molar-refractivity contribution in [2.45, 2.75) is 133 Å². The number of fused-ring (bicyclic) bond motifs is 7. The summed E-state index contributed by atoms with van der Waals surface area (Å²) in [4.78, 5) is 55.3. The summed E-state index contributed by atoms with van der Waals surface area (Å²) in [6, 6.07) is 16.7. The fourth-order valence-corrected chi connectivity index (χ4v) is 15.9. The number of methoxy groups -OCH3 is 2. The molecule has 1 spiro atoms. The lowest BCUT2D eigenvalue weighted by molar-refractivity contribution is -0.228. The van der Waals surface area contributed by atoms with Crippen LogP contribution in [0.5, 0.6) is 5.75 Å². The number of carbonyl (C=O) groups excluding carboxylic acids is 3. The first-order valence-corrected chi connectivity index (χ1v) is 25.3. The van der Waals surface area contributed by atoms with Gasteiger partial charge in [-0.1, -0.05) is 56.3 Å². The first kappa shape index (κ1) is 46.0. The number of amides is 2. The number of anilines is 1. The number of nitrogens with zero attached hydrogens (tertiary/aromatic N) is 4. The number of aromatic amines is 1. The maximum atomic E-state index is 14.5. The molecule has 3 aromatic carbocycles. The molecule has 11 rings (SSSR count). The predicted octanol–water partition coefficient (Wildman–Crippen LogP) is 7.19. The van der Waals surface area contributed by atoms with Crippen molar-refractivity contribution in [3.63, 3.8) is 0 Å². The number of aromatic nitrogens is 1. The molecule has 3 N–H and O–H groups in total. The molecule has 4 aromatic rings. The van der Waals surface area contributed by atoms with E-state index >= 15 is 0 Å². The molecular formula is C56H70N6O7. The molecule has 1 saturated carbocycles. The first-order chi connectivity index (χ1) is 33.0. The third-order valence-corrected chi connectivity index (χ3v) is 18.6. The highest BCUT2D eigenvalue weighted by molar-refractivity contribution is 5.88. The molecule has 7 heterocycles. The average molecular weight is 939 g/mol. The van der Waals surface area contributed by atoms with Gasteiger partial charge in [0.05, 0.1) is 25.8 Å². The average Bonchev–Trinajstić information content (AvgIpc) is 4.10. The Labute approximate surface area is 406 Å². The summed E-state index contributed by atoms with van der Waals surface area (Å²) in [5, 5.41) is 18.4. The second-order valence-electron chi connectivity index (χ2n) is 22.2. The van der Waals surface area contributed by atoms with Gasteiger partial charge in [-0.05, 0) is 129 Å². The van der Waals surface area contributed by atoms with Crippen molar-refractivity contribution in [1.82, 2.24) is 25.0 Å². The fourth-order valence-electron chi connectivity index (χ4n) is 15.9. The van der Waals surface area contributed by atoms with Crippen molar-refractivity contribution in [2.75, 3.05) is 58.9 Å². The van der Waals surface area contributed by atoms with Crippen LogP contribution >= 0.6 is 0 Å². The summed E-state index contributed by atoms with van der Waals surface area (Å²) < 4.78 is 17.4. The zero-order valence-electron chi connectivity index (χ0n) is 42.0. The lowest BCUT2D eigenvalue weighted by Crippen LogP contribution is -2.81. The van der Waals surface area contributed by atoms with E-state index in [4.69, 9.17) is 14.2 Å². The normalized spacial score (nSPS) is 34.1. The lowest BCUT2D eigenvalue weighted by Gasteiger charge is -2.63. The van der Waals surface area contributed by atoms with Gasteiger partial charge in [0.25, 0.3) is 0 Å². The molecule has 1 aliphatic carbocycles. The van der Waals surface area contributed by atoms with Gasteiger partial charge < -0.3 is 44.3 Å². The molecule has 13 nitrogen and oxygen atoms in total. The van der Waals surface area contributed by atoms with Crippen LogP contribution in [0.1, 0.15) is 104 Å². The van der Waals surface area contributed by atoms with Crippen molar-refractivity contribution in [1.29, 1.82) is 0 Å². The Morgan fingerprint density at radius 1 is 0.942 bits per heavy atom. The summed E-state index contributed by atoms with van der Waals surface area (Å²) in [5.41, 5.74) is 6.76. The van der Waals surface area contributed by atoms with Gasteiger partial charge in [-0.15, -0.1) is 0 Å². The first-order valence-electron chi connectivity index (χ1n) is 25.3. The number of piperidine rings is 1. The topological polar surface area (TPSA) is 140 Å². The minimum absolute atomic E-state index is 0.0202. The van der Waals surface area contributed by atoms with E-state index in [1.807, 2.05) is 11.9 Å². The molecule has 7 aliphatic rings. The molecular weight excluding hydrogens is 869 g/mol. The third-order valence-electron chi connectivity index (χ3n) is 18.6. The second-order valence-corrected chi connectivity index (χ2v) is 22.2. The van der Waals surface area contributed by atoms with Crippen molar-refractivity contribution in [3.8, 4) is 5.75 Å². The Morgan fingerprint density at radius 3 is 2.43 bits per heavy atom. The second kappa shape index (κ2) is 16.1. The van der Waals surface area contributed by atoms with Crippen LogP contribution < -0.4 is 15.0 Å². The number of ether oxygens (including phenoxy) is 3. The van der Waals surface area contributed by atoms with Crippen molar-refractivity contribution in [3.05, 3.63) is 105 Å². The number of aryl methyl sites for hydroxylation is 2. The minimum atomic E-state index is -2.19. The molecule has 2 unspecified atom stereocenters. The van der Waals surface area contributed by atoms with Gasteiger partial charge in [0.2, 0.25) is 5.60 Å². The highest BCUT2D eigenvalue weighted by Crippen LogP contribution is 2.68. The molecule has 13 heteroatoms. The number of hydrogen-bond donors (Lipinski definition) is 3. The maximum absolute atomic E-state index is 14.5. The highest BCUT2D eigenvalue weighted by Gasteiger charge is 2.80.